The molecule has 4 atom stereocenters. The average molecular weight is 262 g/mol. The van der Waals surface area contributed by atoms with E-state index in [2.05, 4.69) is 18.2 Å². The summed E-state index contributed by atoms with van der Waals surface area (Å²) in [5, 5.41) is 18.2. The number of allylic oxidation sites excluding steroid dienone is 2. The van der Waals surface area contributed by atoms with Gasteiger partial charge in [0.25, 0.3) is 0 Å². The summed E-state index contributed by atoms with van der Waals surface area (Å²) in [5.41, 5.74) is 0.470. The Kier molecular flexibility index (Phi) is 0.155. The monoisotopic (exact) mass is 262 g/mol. The van der Waals surface area contributed by atoms with Crippen molar-refractivity contribution < 1.29 is 6.51 Å². The minimum atomic E-state index is -3.03. The Balaban J connectivity index is 1.63. The molecule has 10 saturated heterocycles. The molecule has 10 fully saturated rings. The Bertz CT molecular complexity index is 1030. The summed E-state index contributed by atoms with van der Waals surface area (Å²) in [6, 6.07) is 4.31. The zero-order chi connectivity index (χ0) is 10.7. The van der Waals surface area contributed by atoms with Crippen LogP contribution in [0.2, 0.25) is 47.7 Å². The number of nitriles is 2. The molecule has 2 nitrogen and oxygen atoms in total. The van der Waals surface area contributed by atoms with Crippen molar-refractivity contribution in [2.75, 3.05) is 0 Å². The van der Waals surface area contributed by atoms with Crippen LogP contribution in [0.1, 0.15) is 0 Å². The second kappa shape index (κ2) is 0.446. The predicted molar refractivity (Wildman–Crippen MR) is 55.8 cm³/mol. The molecule has 17 heavy (non-hydrogen) atoms. The molecule has 3 heteroatoms. The molecule has 0 radical (unpaired) electrons. The van der Waals surface area contributed by atoms with Gasteiger partial charge in [-0.25, -0.2) is 0 Å². The van der Waals surface area contributed by atoms with Crippen LogP contribution in [-0.2, 0) is 6.51 Å². The molecular formula is C14H10FeN2. The van der Waals surface area contributed by atoms with Crippen LogP contribution < -0.4 is 0 Å². The third-order valence-electron chi connectivity index (χ3n) is 15.4. The van der Waals surface area contributed by atoms with Gasteiger partial charge in [-0.1, -0.05) is 0 Å². The van der Waals surface area contributed by atoms with Crippen molar-refractivity contribution in [3.63, 3.8) is 0 Å². The standard InChI is InChI=1S/C9H5N2.C5H5.Fe/c10-6-9(7-11)5-8-3-1-2-4-8;1-2-4-5-3-1;/h1-5H;1-5H;. The van der Waals surface area contributed by atoms with Crippen molar-refractivity contribution in [1.82, 2.24) is 0 Å². The Morgan fingerprint density at radius 2 is 1.35 bits per heavy atom. The average Bonchev–Trinajstić information content (AvgIpc) is 3.27. The van der Waals surface area contributed by atoms with E-state index in [9.17, 15) is 0 Å². The molecule has 0 N–H and O–H groups in total. The molecule has 0 bridgehead atoms. The number of hydrogen-bond acceptors (Lipinski definition) is 2. The van der Waals surface area contributed by atoms with Crippen molar-refractivity contribution in [3.05, 3.63) is 11.6 Å². The first-order chi connectivity index (χ1) is 8.04. The van der Waals surface area contributed by atoms with Gasteiger partial charge in [0.1, 0.15) is 0 Å². The van der Waals surface area contributed by atoms with E-state index in [-0.39, 0.29) is 0 Å². The van der Waals surface area contributed by atoms with Gasteiger partial charge in [0.2, 0.25) is 0 Å². The molecule has 0 aromatic carbocycles. The Hall–Kier alpha value is -0.761. The molecule has 0 saturated carbocycles. The fourth-order valence-corrected chi connectivity index (χ4v) is 90.8. The third kappa shape index (κ3) is 0.0546. The van der Waals surface area contributed by atoms with Gasteiger partial charge in [0.15, 0.2) is 0 Å². The molecule has 10 heterocycles. The first kappa shape index (κ1) is 5.92. The third-order valence-corrected chi connectivity index (χ3v) is 57.9. The SMILES string of the molecule is N#CC(C#N)=C[C]12[CH]3[CH]4[CH]5[CH]1[Fe]45321678[CH]2[CH]1[CH]6[CH]7[CH]28. The number of hydrogen-bond donors (Lipinski definition) is 0. The van der Waals surface area contributed by atoms with E-state index in [1.54, 1.807) is 0 Å². The predicted octanol–water partition coefficient (Wildman–Crippen LogP) is 3.72. The maximum absolute atomic E-state index is 9.10. The van der Waals surface area contributed by atoms with Gasteiger partial charge >= 0.3 is 88.5 Å². The van der Waals surface area contributed by atoms with Crippen LogP contribution in [0.5, 0.6) is 0 Å². The first-order valence-corrected chi connectivity index (χ1v) is 13.1. The summed E-state index contributed by atoms with van der Waals surface area (Å²) in [6.07, 6.45) is 2.29. The molecule has 0 amide bonds. The van der Waals surface area contributed by atoms with Crippen LogP contribution in [0.15, 0.2) is 11.6 Å². The quantitative estimate of drug-likeness (QED) is 0.534. The van der Waals surface area contributed by atoms with Gasteiger partial charge in [-0.05, 0) is 0 Å². The van der Waals surface area contributed by atoms with Crippen molar-refractivity contribution >= 4 is 0 Å². The van der Waals surface area contributed by atoms with Crippen LogP contribution in [0.4, 0.5) is 0 Å². The maximum atomic E-state index is 9.10. The van der Waals surface area contributed by atoms with Crippen LogP contribution >= 0.6 is 0 Å². The van der Waals surface area contributed by atoms with Crippen LogP contribution in [0.3, 0.4) is 0 Å². The van der Waals surface area contributed by atoms with E-state index in [4.69, 9.17) is 10.5 Å². The molecule has 0 aromatic heterocycles. The van der Waals surface area contributed by atoms with Gasteiger partial charge < -0.3 is 0 Å². The molecule has 0 aromatic rings. The van der Waals surface area contributed by atoms with E-state index >= 15 is 0 Å². The molecule has 4 unspecified atom stereocenters. The molecule has 10 rings (SSSR count). The van der Waals surface area contributed by atoms with E-state index in [0.29, 0.717) is 9.89 Å². The number of nitrogens with zero attached hydrogens (tertiary/aromatic N) is 2. The minimum absolute atomic E-state index is 0.470. The summed E-state index contributed by atoms with van der Waals surface area (Å²) in [4.78, 5) is 11.4. The first-order valence-electron chi connectivity index (χ1n) is 6.78. The summed E-state index contributed by atoms with van der Waals surface area (Å²) in [6.45, 7) is -3.03. The second-order valence-corrected chi connectivity index (χ2v) is 34.1. The summed E-state index contributed by atoms with van der Waals surface area (Å²) < 4.78 is 0.611. The summed E-state index contributed by atoms with van der Waals surface area (Å²) in [5.74, 6) is 0. The Morgan fingerprint density at radius 1 is 0.882 bits per heavy atom. The molecule has 10 aliphatic heterocycles. The molecule has 1 spiro atoms. The van der Waals surface area contributed by atoms with Gasteiger partial charge in [0.05, 0.1) is 0 Å². The zero-order valence-corrected chi connectivity index (χ0v) is 10.1. The summed E-state index contributed by atoms with van der Waals surface area (Å²) >= 11 is 0. The number of fused-ring (bicyclic) bond motifs is 10. The Morgan fingerprint density at radius 3 is 1.59 bits per heavy atom. The fourth-order valence-electron chi connectivity index (χ4n) is 17.1. The molecule has 0 aliphatic carbocycles. The fraction of sp³-hybridized carbons (Fsp3) is 0.714. The van der Waals surface area contributed by atoms with Crippen molar-refractivity contribution in [3.8, 4) is 12.1 Å². The van der Waals surface area contributed by atoms with E-state index in [0.717, 1.165) is 9.63 Å². The number of rotatable bonds is 1. The van der Waals surface area contributed by atoms with Crippen molar-refractivity contribution in [1.29, 1.82) is 10.5 Å². The zero-order valence-electron chi connectivity index (χ0n) is 9.02. The molecule has 10 aliphatic rings. The molecule has 84 valence electrons. The molecular weight excluding hydrogens is 252 g/mol. The normalized spacial score (nSPS) is 118. The Labute approximate surface area is 88.6 Å². The van der Waals surface area contributed by atoms with Gasteiger partial charge in [-0.15, -0.1) is 0 Å². The van der Waals surface area contributed by atoms with Gasteiger partial charge in [-0.2, -0.15) is 0 Å². The topological polar surface area (TPSA) is 47.6 Å². The van der Waals surface area contributed by atoms with Gasteiger partial charge in [0, 0.05) is 0 Å². The van der Waals surface area contributed by atoms with Gasteiger partial charge in [-0.3, -0.25) is 0 Å². The van der Waals surface area contributed by atoms with Crippen LogP contribution in [0, 0.1) is 22.7 Å². The van der Waals surface area contributed by atoms with E-state index in [1.165, 1.54) is 33.7 Å². The van der Waals surface area contributed by atoms with Crippen molar-refractivity contribution in [2.24, 2.45) is 0 Å². The van der Waals surface area contributed by atoms with Crippen LogP contribution in [-0.4, -0.2) is 0 Å². The van der Waals surface area contributed by atoms with E-state index < -0.39 is 6.51 Å². The van der Waals surface area contributed by atoms with Crippen LogP contribution in [0.25, 0.3) is 0 Å². The van der Waals surface area contributed by atoms with Crippen molar-refractivity contribution in [2.45, 2.75) is 47.7 Å². The second-order valence-electron chi connectivity index (χ2n) is 10.5. The van der Waals surface area contributed by atoms with E-state index in [1.807, 2.05) is 0 Å². The summed E-state index contributed by atoms with van der Waals surface area (Å²) in [7, 11) is 0.